The highest BCUT2D eigenvalue weighted by molar-refractivity contribution is 7.99. The minimum Gasteiger partial charge on any atom is -0.497 e. The van der Waals surface area contributed by atoms with Crippen LogP contribution in [0.2, 0.25) is 0 Å². The molecule has 1 heterocycles. The highest BCUT2D eigenvalue weighted by Gasteiger charge is 2.40. The number of amides is 1. The predicted octanol–water partition coefficient (Wildman–Crippen LogP) is 3.76. The summed E-state index contributed by atoms with van der Waals surface area (Å²) in [5.74, 6) is 0.0409. The first-order valence-corrected chi connectivity index (χ1v) is 10.4. The molecule has 30 heavy (non-hydrogen) atoms. The van der Waals surface area contributed by atoms with Gasteiger partial charge in [-0.1, -0.05) is 18.2 Å². The van der Waals surface area contributed by atoms with E-state index in [1.165, 1.54) is 6.92 Å². The second kappa shape index (κ2) is 10.7. The summed E-state index contributed by atoms with van der Waals surface area (Å²) in [5.41, 5.74) is 2.85. The van der Waals surface area contributed by atoms with Crippen molar-refractivity contribution < 1.29 is 19.1 Å². The molecule has 0 spiro atoms. The van der Waals surface area contributed by atoms with E-state index >= 15 is 0 Å². The Hall–Kier alpha value is -2.22. The summed E-state index contributed by atoms with van der Waals surface area (Å²) in [7, 11) is 3.45. The molecule has 0 saturated heterocycles. The van der Waals surface area contributed by atoms with Crippen molar-refractivity contribution in [2.24, 2.45) is 0 Å². The Bertz CT molecular complexity index is 891. The molecular weight excluding hydrogens is 424 g/mol. The number of fused-ring (bicyclic) bond motifs is 1. The number of halogens is 1. The normalized spacial score (nSPS) is 18.1. The van der Waals surface area contributed by atoms with E-state index in [4.69, 9.17) is 9.47 Å². The molecule has 0 fully saturated rings. The van der Waals surface area contributed by atoms with Gasteiger partial charge in [0, 0.05) is 24.9 Å². The van der Waals surface area contributed by atoms with Gasteiger partial charge < -0.3 is 19.7 Å². The number of anilines is 1. The van der Waals surface area contributed by atoms with Crippen LogP contribution in [0.25, 0.3) is 0 Å². The maximum atomic E-state index is 13.5. The number of methoxy groups -OCH3 is 1. The third kappa shape index (κ3) is 5.28. The van der Waals surface area contributed by atoms with E-state index in [1.54, 1.807) is 23.8 Å². The van der Waals surface area contributed by atoms with Crippen molar-refractivity contribution in [2.45, 2.75) is 30.1 Å². The van der Waals surface area contributed by atoms with Gasteiger partial charge in [0.1, 0.15) is 5.75 Å². The summed E-state index contributed by atoms with van der Waals surface area (Å²) >= 11 is 1.55. The number of thioether (sulfide) groups is 1. The van der Waals surface area contributed by atoms with Gasteiger partial charge in [-0.05, 0) is 49.4 Å². The van der Waals surface area contributed by atoms with Crippen molar-refractivity contribution in [1.82, 2.24) is 5.32 Å². The topological polar surface area (TPSA) is 67.9 Å². The molecule has 6 nitrogen and oxygen atoms in total. The lowest BCUT2D eigenvalue weighted by Crippen LogP contribution is -2.45. The summed E-state index contributed by atoms with van der Waals surface area (Å²) in [6.45, 7) is 4.48. The number of benzene rings is 2. The van der Waals surface area contributed by atoms with Gasteiger partial charge in [-0.2, -0.15) is 0 Å². The zero-order valence-electron chi connectivity index (χ0n) is 17.5. The smallest absolute Gasteiger partial charge is 0.303 e. The van der Waals surface area contributed by atoms with E-state index in [0.29, 0.717) is 13.1 Å². The second-order valence-corrected chi connectivity index (χ2v) is 8.09. The molecule has 8 heteroatoms. The Morgan fingerprint density at radius 1 is 1.20 bits per heavy atom. The molecular formula is C22H27ClN2O4S. The third-order valence-electron chi connectivity index (χ3n) is 4.77. The first-order chi connectivity index (χ1) is 13.9. The third-order valence-corrected chi connectivity index (χ3v) is 6.12. The van der Waals surface area contributed by atoms with E-state index in [1.807, 2.05) is 50.4 Å². The largest absolute Gasteiger partial charge is 0.497 e. The molecule has 0 bridgehead atoms. The molecule has 1 aliphatic rings. The fourth-order valence-electron chi connectivity index (χ4n) is 3.32. The van der Waals surface area contributed by atoms with E-state index in [0.717, 1.165) is 27.5 Å². The van der Waals surface area contributed by atoms with E-state index in [-0.39, 0.29) is 23.6 Å². The molecule has 0 aliphatic carbocycles. The molecule has 2 atom stereocenters. The lowest BCUT2D eigenvalue weighted by molar-refractivity contribution is -0.152. The number of esters is 1. The first kappa shape index (κ1) is 24.1. The first-order valence-electron chi connectivity index (χ1n) is 9.49. The fourth-order valence-corrected chi connectivity index (χ4v) is 4.74. The van der Waals surface area contributed by atoms with Crippen LogP contribution in [0.1, 0.15) is 23.3 Å². The zero-order chi connectivity index (χ0) is 21.0. The van der Waals surface area contributed by atoms with Crippen LogP contribution in [-0.2, 0) is 14.3 Å². The molecule has 0 aromatic heterocycles. The summed E-state index contributed by atoms with van der Waals surface area (Å²) in [6.07, 6.45) is -0.921. The van der Waals surface area contributed by atoms with Crippen molar-refractivity contribution in [3.63, 3.8) is 0 Å². The molecule has 0 saturated carbocycles. The van der Waals surface area contributed by atoms with Crippen molar-refractivity contribution in [2.75, 3.05) is 32.1 Å². The van der Waals surface area contributed by atoms with Crippen LogP contribution in [0.4, 0.5) is 5.69 Å². The highest BCUT2D eigenvalue weighted by atomic mass is 35.5. The number of hydrogen-bond acceptors (Lipinski definition) is 6. The average Bonchev–Trinajstić information content (AvgIpc) is 2.81. The number of ether oxygens (including phenoxy) is 2. The maximum absolute atomic E-state index is 13.5. The van der Waals surface area contributed by atoms with Gasteiger partial charge >= 0.3 is 5.97 Å². The van der Waals surface area contributed by atoms with Crippen LogP contribution in [0.5, 0.6) is 5.75 Å². The quantitative estimate of drug-likeness (QED) is 0.676. The van der Waals surface area contributed by atoms with E-state index in [2.05, 4.69) is 11.4 Å². The van der Waals surface area contributed by atoms with Gasteiger partial charge in [-0.3, -0.25) is 9.59 Å². The van der Waals surface area contributed by atoms with Crippen molar-refractivity contribution in [1.29, 1.82) is 0 Å². The van der Waals surface area contributed by atoms with Crippen LogP contribution in [0.3, 0.4) is 0 Å². The lowest BCUT2D eigenvalue weighted by Gasteiger charge is -2.27. The molecule has 2 aromatic rings. The minimum atomic E-state index is -0.921. The number of nitrogens with zero attached hydrogens (tertiary/aromatic N) is 1. The SMILES string of the molecule is CNCCN1C(=O)[C@@H](OC(C)=O)[C@@H](c2ccc(OC)cc2)Sc2cc(C)ccc21.Cl. The number of likely N-dealkylation sites (N-methyl/N-ethyl adjacent to an activating group) is 1. The Morgan fingerprint density at radius 3 is 2.50 bits per heavy atom. The van der Waals surface area contributed by atoms with Gasteiger partial charge in [0.2, 0.25) is 0 Å². The molecule has 0 unspecified atom stereocenters. The molecule has 1 N–H and O–H groups in total. The number of nitrogens with one attached hydrogen (secondary N) is 1. The van der Waals surface area contributed by atoms with Gasteiger partial charge in [0.15, 0.2) is 6.10 Å². The summed E-state index contributed by atoms with van der Waals surface area (Å²) in [6, 6.07) is 13.6. The fraction of sp³-hybridized carbons (Fsp3) is 0.364. The van der Waals surface area contributed by atoms with Crippen LogP contribution >= 0.6 is 24.2 Å². The maximum Gasteiger partial charge on any atom is 0.303 e. The highest BCUT2D eigenvalue weighted by Crippen LogP contribution is 2.47. The molecule has 2 aromatic carbocycles. The molecule has 1 aliphatic heterocycles. The Morgan fingerprint density at radius 2 is 1.90 bits per heavy atom. The summed E-state index contributed by atoms with van der Waals surface area (Å²) in [5, 5.41) is 2.72. The Balaban J connectivity index is 0.00000320. The summed E-state index contributed by atoms with van der Waals surface area (Å²) < 4.78 is 10.8. The van der Waals surface area contributed by atoms with Gasteiger partial charge in [-0.25, -0.2) is 0 Å². The van der Waals surface area contributed by atoms with Gasteiger partial charge in [0.25, 0.3) is 5.91 Å². The van der Waals surface area contributed by atoms with Crippen molar-refractivity contribution in [3.8, 4) is 5.75 Å². The summed E-state index contributed by atoms with van der Waals surface area (Å²) in [4.78, 5) is 28.1. The van der Waals surface area contributed by atoms with Crippen LogP contribution < -0.4 is 15.0 Å². The number of aryl methyl sites for hydroxylation is 1. The molecule has 1 amide bonds. The standard InChI is InChI=1S/C22H26N2O4S.ClH/c1-14-5-10-18-19(13-14)29-21(16-6-8-17(27-4)9-7-16)20(28-15(2)25)22(26)24(18)12-11-23-3;/h5-10,13,20-21,23H,11-12H2,1-4H3;1H/t20-,21+;/m0./s1. The number of carbonyl (C=O) groups is 2. The molecule has 162 valence electrons. The van der Waals surface area contributed by atoms with Crippen LogP contribution in [-0.4, -0.2) is 45.2 Å². The van der Waals surface area contributed by atoms with Gasteiger partial charge in [-0.15, -0.1) is 24.2 Å². The minimum absolute atomic E-state index is 0. The number of carbonyl (C=O) groups excluding carboxylic acids is 2. The molecule has 3 rings (SSSR count). The number of rotatable bonds is 6. The zero-order valence-corrected chi connectivity index (χ0v) is 19.1. The van der Waals surface area contributed by atoms with E-state index in [9.17, 15) is 9.59 Å². The predicted molar refractivity (Wildman–Crippen MR) is 122 cm³/mol. The van der Waals surface area contributed by atoms with E-state index < -0.39 is 12.1 Å². The lowest BCUT2D eigenvalue weighted by atomic mass is 10.1. The molecule has 0 radical (unpaired) electrons. The van der Waals surface area contributed by atoms with Gasteiger partial charge in [0.05, 0.1) is 18.0 Å². The van der Waals surface area contributed by atoms with Crippen LogP contribution in [0, 0.1) is 6.92 Å². The Kier molecular flexibility index (Phi) is 8.58. The monoisotopic (exact) mass is 450 g/mol. The average molecular weight is 451 g/mol. The Labute approximate surface area is 187 Å². The van der Waals surface area contributed by atoms with Crippen LogP contribution in [0.15, 0.2) is 47.4 Å². The number of hydrogen-bond donors (Lipinski definition) is 1. The van der Waals surface area contributed by atoms with Crippen molar-refractivity contribution >= 4 is 41.7 Å². The second-order valence-electron chi connectivity index (χ2n) is 6.91. The van der Waals surface area contributed by atoms with Crippen molar-refractivity contribution in [3.05, 3.63) is 53.6 Å².